The van der Waals surface area contributed by atoms with Gasteiger partial charge in [0, 0.05) is 11.5 Å². The van der Waals surface area contributed by atoms with Gasteiger partial charge in [0.1, 0.15) is 5.52 Å². The third-order valence-electron chi connectivity index (χ3n) is 3.24. The van der Waals surface area contributed by atoms with Crippen LogP contribution in [0.4, 0.5) is 5.95 Å². The lowest BCUT2D eigenvalue weighted by Crippen LogP contribution is -2.05. The molecule has 0 aliphatic carbocycles. The Morgan fingerprint density at radius 1 is 1.26 bits per heavy atom. The zero-order valence-corrected chi connectivity index (χ0v) is 12.6. The molecule has 0 radical (unpaired) electrons. The fourth-order valence-electron chi connectivity index (χ4n) is 2.33. The van der Waals surface area contributed by atoms with Crippen LogP contribution in [0.15, 0.2) is 22.7 Å². The number of fused-ring (bicyclic) bond motifs is 1. The maximum Gasteiger partial charge on any atom is 0.207 e. The topological polar surface area (TPSA) is 61.7 Å². The van der Waals surface area contributed by atoms with Crippen molar-refractivity contribution in [3.8, 4) is 5.69 Å². The molecule has 5 nitrogen and oxygen atoms in total. The van der Waals surface area contributed by atoms with Crippen molar-refractivity contribution in [2.24, 2.45) is 7.05 Å². The van der Waals surface area contributed by atoms with Gasteiger partial charge in [-0.1, -0.05) is 12.1 Å². The van der Waals surface area contributed by atoms with E-state index in [4.69, 9.17) is 5.73 Å². The smallest absolute Gasteiger partial charge is 0.207 e. The molecule has 0 aliphatic heterocycles. The van der Waals surface area contributed by atoms with Crippen molar-refractivity contribution in [2.45, 2.75) is 13.8 Å². The number of anilines is 1. The molecule has 2 heterocycles. The molecule has 0 fully saturated rings. The average molecular weight is 320 g/mol. The van der Waals surface area contributed by atoms with E-state index in [1.54, 1.807) is 0 Å². The zero-order chi connectivity index (χ0) is 13.7. The standard InChI is InChI=1S/C13H14BrN5/c1-7-5-4-6-9(10(7)14)19-12-11(16-13(19)15)8(2)17-18(12)3/h4-6H,1-3H3,(H2,15,16). The van der Waals surface area contributed by atoms with E-state index >= 15 is 0 Å². The summed E-state index contributed by atoms with van der Waals surface area (Å²) in [6, 6.07) is 6.06. The number of nitrogen functional groups attached to an aromatic ring is 1. The molecule has 0 bridgehead atoms. The van der Waals surface area contributed by atoms with Crippen molar-refractivity contribution in [1.82, 2.24) is 19.3 Å². The number of halogens is 1. The van der Waals surface area contributed by atoms with E-state index in [1.165, 1.54) is 0 Å². The third-order valence-corrected chi connectivity index (χ3v) is 4.27. The summed E-state index contributed by atoms with van der Waals surface area (Å²) in [5.74, 6) is 0.470. The summed E-state index contributed by atoms with van der Waals surface area (Å²) in [6.45, 7) is 3.98. The van der Waals surface area contributed by atoms with Crippen molar-refractivity contribution in [1.29, 1.82) is 0 Å². The summed E-state index contributed by atoms with van der Waals surface area (Å²) in [7, 11) is 1.90. The molecule has 0 saturated heterocycles. The van der Waals surface area contributed by atoms with Crippen LogP contribution in [-0.2, 0) is 7.05 Å². The Morgan fingerprint density at radius 3 is 2.74 bits per heavy atom. The van der Waals surface area contributed by atoms with E-state index in [0.717, 1.165) is 32.6 Å². The van der Waals surface area contributed by atoms with Gasteiger partial charge in [-0.3, -0.25) is 4.57 Å². The summed E-state index contributed by atoms with van der Waals surface area (Å²) < 4.78 is 4.75. The first-order chi connectivity index (χ1) is 9.00. The number of hydrogen-bond donors (Lipinski definition) is 1. The van der Waals surface area contributed by atoms with Gasteiger partial charge in [0.25, 0.3) is 0 Å². The van der Waals surface area contributed by atoms with Crippen LogP contribution < -0.4 is 5.73 Å². The van der Waals surface area contributed by atoms with Gasteiger partial charge >= 0.3 is 0 Å². The first-order valence-electron chi connectivity index (χ1n) is 5.93. The number of rotatable bonds is 1. The molecule has 6 heteroatoms. The molecule has 0 amide bonds. The molecule has 0 unspecified atom stereocenters. The lowest BCUT2D eigenvalue weighted by Gasteiger charge is -2.10. The second kappa shape index (κ2) is 4.09. The number of aryl methyl sites for hydroxylation is 3. The minimum absolute atomic E-state index is 0.470. The highest BCUT2D eigenvalue weighted by Gasteiger charge is 2.18. The van der Waals surface area contributed by atoms with E-state index < -0.39 is 0 Å². The fraction of sp³-hybridized carbons (Fsp3) is 0.231. The molecule has 98 valence electrons. The van der Waals surface area contributed by atoms with Crippen LogP contribution >= 0.6 is 15.9 Å². The number of aromatic nitrogens is 4. The van der Waals surface area contributed by atoms with Gasteiger partial charge in [0.15, 0.2) is 5.65 Å². The van der Waals surface area contributed by atoms with E-state index in [9.17, 15) is 0 Å². The number of benzene rings is 1. The molecule has 2 aromatic heterocycles. The van der Waals surface area contributed by atoms with E-state index in [1.807, 2.05) is 48.3 Å². The van der Waals surface area contributed by atoms with Crippen LogP contribution in [0.3, 0.4) is 0 Å². The fourth-order valence-corrected chi connectivity index (χ4v) is 2.77. The summed E-state index contributed by atoms with van der Waals surface area (Å²) in [5, 5.41) is 4.39. The number of nitrogens with zero attached hydrogens (tertiary/aromatic N) is 4. The van der Waals surface area contributed by atoms with Gasteiger partial charge in [0.05, 0.1) is 11.4 Å². The van der Waals surface area contributed by atoms with E-state index in [2.05, 4.69) is 26.0 Å². The molecular weight excluding hydrogens is 306 g/mol. The Kier molecular flexibility index (Phi) is 2.63. The lowest BCUT2D eigenvalue weighted by atomic mass is 10.2. The largest absolute Gasteiger partial charge is 0.369 e. The van der Waals surface area contributed by atoms with Gasteiger partial charge in [-0.05, 0) is 41.4 Å². The molecule has 2 N–H and O–H groups in total. The summed E-state index contributed by atoms with van der Waals surface area (Å²) in [5.41, 5.74) is 10.8. The normalized spacial score (nSPS) is 11.4. The molecule has 3 aromatic rings. The van der Waals surface area contributed by atoms with Crippen molar-refractivity contribution in [3.05, 3.63) is 33.9 Å². The first kappa shape index (κ1) is 12.2. The van der Waals surface area contributed by atoms with Gasteiger partial charge in [-0.15, -0.1) is 0 Å². The van der Waals surface area contributed by atoms with E-state index in [-0.39, 0.29) is 0 Å². The van der Waals surface area contributed by atoms with Crippen LogP contribution in [0.1, 0.15) is 11.3 Å². The quantitative estimate of drug-likeness (QED) is 0.750. The Balaban J connectivity index is 2.42. The summed E-state index contributed by atoms with van der Waals surface area (Å²) >= 11 is 3.62. The van der Waals surface area contributed by atoms with Crippen LogP contribution in [0, 0.1) is 13.8 Å². The van der Waals surface area contributed by atoms with Crippen molar-refractivity contribution < 1.29 is 0 Å². The van der Waals surface area contributed by atoms with Gasteiger partial charge < -0.3 is 5.73 Å². The first-order valence-corrected chi connectivity index (χ1v) is 6.73. The van der Waals surface area contributed by atoms with Crippen LogP contribution in [0.5, 0.6) is 0 Å². The van der Waals surface area contributed by atoms with Crippen LogP contribution in [0.2, 0.25) is 0 Å². The molecular formula is C13H14BrN5. The molecule has 0 atom stereocenters. The minimum Gasteiger partial charge on any atom is -0.369 e. The number of imidazole rings is 1. The monoisotopic (exact) mass is 319 g/mol. The molecule has 0 spiro atoms. The van der Waals surface area contributed by atoms with Gasteiger partial charge in [-0.25, -0.2) is 9.67 Å². The highest BCUT2D eigenvalue weighted by atomic mass is 79.9. The second-order valence-corrected chi connectivity index (χ2v) is 5.39. The van der Waals surface area contributed by atoms with Crippen molar-refractivity contribution >= 4 is 33.0 Å². The van der Waals surface area contributed by atoms with Crippen LogP contribution in [-0.4, -0.2) is 19.3 Å². The maximum absolute atomic E-state index is 6.08. The summed E-state index contributed by atoms with van der Waals surface area (Å²) in [6.07, 6.45) is 0. The molecule has 0 saturated carbocycles. The van der Waals surface area contributed by atoms with Gasteiger partial charge in [-0.2, -0.15) is 5.10 Å². The predicted octanol–water partition coefficient (Wildman–Crippen LogP) is 2.72. The van der Waals surface area contributed by atoms with E-state index in [0.29, 0.717) is 5.95 Å². The zero-order valence-electron chi connectivity index (χ0n) is 11.0. The SMILES string of the molecule is Cc1cccc(-n2c(N)nc3c(C)nn(C)c32)c1Br. The van der Waals surface area contributed by atoms with Crippen LogP contribution in [0.25, 0.3) is 16.9 Å². The lowest BCUT2D eigenvalue weighted by molar-refractivity contribution is 0.762. The maximum atomic E-state index is 6.08. The molecule has 0 aliphatic rings. The molecule has 1 aromatic carbocycles. The van der Waals surface area contributed by atoms with Crippen molar-refractivity contribution in [2.75, 3.05) is 5.73 Å². The highest BCUT2D eigenvalue weighted by Crippen LogP contribution is 2.30. The highest BCUT2D eigenvalue weighted by molar-refractivity contribution is 9.10. The Morgan fingerprint density at radius 2 is 2.00 bits per heavy atom. The number of hydrogen-bond acceptors (Lipinski definition) is 3. The van der Waals surface area contributed by atoms with Crippen molar-refractivity contribution in [3.63, 3.8) is 0 Å². The number of nitrogens with two attached hydrogens (primary N) is 1. The Hall–Kier alpha value is -1.82. The van der Waals surface area contributed by atoms with Gasteiger partial charge in [0.2, 0.25) is 5.95 Å². The summed E-state index contributed by atoms with van der Waals surface area (Å²) in [4.78, 5) is 4.42. The molecule has 3 rings (SSSR count). The predicted molar refractivity (Wildman–Crippen MR) is 79.4 cm³/mol. The Bertz CT molecular complexity index is 784. The second-order valence-electron chi connectivity index (χ2n) is 4.59. The third kappa shape index (κ3) is 1.67. The Labute approximate surface area is 119 Å². The minimum atomic E-state index is 0.470. The molecule has 19 heavy (non-hydrogen) atoms. The average Bonchev–Trinajstić information content (AvgIpc) is 2.82.